The largest absolute Gasteiger partial charge is 0.206 e. The van der Waals surface area contributed by atoms with Crippen molar-refractivity contribution in [2.24, 2.45) is 5.92 Å². The topological polar surface area (TPSA) is 0 Å². The molecule has 25 heavy (non-hydrogen) atoms. The Hall–Kier alpha value is -1.84. The summed E-state index contributed by atoms with van der Waals surface area (Å²) in [6.07, 6.45) is 6.71. The zero-order valence-electron chi connectivity index (χ0n) is 14.3. The molecule has 2 aromatic rings. The molecule has 3 rings (SSSR count). The molecule has 0 fully saturated rings. The summed E-state index contributed by atoms with van der Waals surface area (Å²) in [6, 6.07) is 4.33. The molecule has 1 unspecified atom stereocenters. The van der Waals surface area contributed by atoms with Crippen LogP contribution in [0.2, 0.25) is 0 Å². The van der Waals surface area contributed by atoms with Gasteiger partial charge in [-0.3, -0.25) is 0 Å². The molecule has 0 spiro atoms. The van der Waals surface area contributed by atoms with Crippen molar-refractivity contribution in [1.29, 1.82) is 0 Å². The second-order valence-electron chi connectivity index (χ2n) is 6.92. The molecule has 1 atom stereocenters. The van der Waals surface area contributed by atoms with Gasteiger partial charge >= 0.3 is 0 Å². The van der Waals surface area contributed by atoms with Crippen LogP contribution in [0.25, 0.3) is 11.1 Å². The predicted octanol–water partition coefficient (Wildman–Crippen LogP) is 6.60. The van der Waals surface area contributed by atoms with Crippen molar-refractivity contribution in [3.05, 3.63) is 58.7 Å². The molecule has 134 valence electrons. The van der Waals surface area contributed by atoms with Crippen LogP contribution in [0.5, 0.6) is 0 Å². The Morgan fingerprint density at radius 1 is 0.960 bits per heavy atom. The third-order valence-corrected chi connectivity index (χ3v) is 5.15. The fourth-order valence-electron chi connectivity index (χ4n) is 3.77. The first-order chi connectivity index (χ1) is 12.0. The van der Waals surface area contributed by atoms with Gasteiger partial charge in [-0.25, -0.2) is 17.6 Å². The van der Waals surface area contributed by atoms with E-state index in [1.54, 1.807) is 0 Å². The van der Waals surface area contributed by atoms with Crippen LogP contribution in [-0.2, 0) is 12.8 Å². The number of fused-ring (bicyclic) bond motifs is 1. The van der Waals surface area contributed by atoms with Gasteiger partial charge in [0.05, 0.1) is 5.56 Å². The highest BCUT2D eigenvalue weighted by Crippen LogP contribution is 2.37. The highest BCUT2D eigenvalue weighted by Gasteiger charge is 2.26. The molecular weight excluding hydrogens is 328 g/mol. The minimum Gasteiger partial charge on any atom is -0.206 e. The molecule has 1 aliphatic carbocycles. The molecule has 4 heteroatoms. The zero-order valence-corrected chi connectivity index (χ0v) is 14.3. The Labute approximate surface area is 145 Å². The van der Waals surface area contributed by atoms with Crippen molar-refractivity contribution >= 4 is 0 Å². The lowest BCUT2D eigenvalue weighted by molar-refractivity contribution is 0.399. The first kappa shape index (κ1) is 18.0. The monoisotopic (exact) mass is 350 g/mol. The minimum absolute atomic E-state index is 0.0294. The molecule has 0 saturated heterocycles. The average molecular weight is 350 g/mol. The van der Waals surface area contributed by atoms with Gasteiger partial charge in [-0.2, -0.15) is 0 Å². The lowest BCUT2D eigenvalue weighted by atomic mass is 9.80. The maximum atomic E-state index is 14.9. The van der Waals surface area contributed by atoms with E-state index in [9.17, 15) is 17.6 Å². The molecule has 0 N–H and O–H groups in total. The number of hydrogen-bond donors (Lipinski definition) is 0. The van der Waals surface area contributed by atoms with E-state index in [0.29, 0.717) is 29.9 Å². The van der Waals surface area contributed by atoms with E-state index < -0.39 is 23.3 Å². The van der Waals surface area contributed by atoms with Crippen molar-refractivity contribution in [3.63, 3.8) is 0 Å². The van der Waals surface area contributed by atoms with Gasteiger partial charge in [0.1, 0.15) is 11.6 Å². The lowest BCUT2D eigenvalue weighted by Gasteiger charge is -2.26. The second-order valence-corrected chi connectivity index (χ2v) is 6.92. The molecule has 0 bridgehead atoms. The summed E-state index contributed by atoms with van der Waals surface area (Å²) in [6.45, 7) is 2.15. The Kier molecular flexibility index (Phi) is 5.45. The van der Waals surface area contributed by atoms with Crippen LogP contribution in [0.15, 0.2) is 24.3 Å². The summed E-state index contributed by atoms with van der Waals surface area (Å²) < 4.78 is 56.0. The van der Waals surface area contributed by atoms with Gasteiger partial charge in [-0.1, -0.05) is 38.7 Å². The summed E-state index contributed by atoms with van der Waals surface area (Å²) in [5, 5.41) is 0. The third-order valence-electron chi connectivity index (χ3n) is 5.15. The van der Waals surface area contributed by atoms with E-state index in [1.807, 2.05) is 0 Å². The summed E-state index contributed by atoms with van der Waals surface area (Å²) in [5.74, 6) is -3.01. The van der Waals surface area contributed by atoms with Gasteiger partial charge in [0.15, 0.2) is 11.6 Å². The van der Waals surface area contributed by atoms with E-state index in [4.69, 9.17) is 0 Å². The molecule has 0 saturated carbocycles. The lowest BCUT2D eigenvalue weighted by Crippen LogP contribution is -2.17. The van der Waals surface area contributed by atoms with Crippen molar-refractivity contribution in [1.82, 2.24) is 0 Å². The highest BCUT2D eigenvalue weighted by atomic mass is 19.2. The first-order valence-electron chi connectivity index (χ1n) is 8.96. The Morgan fingerprint density at radius 2 is 1.76 bits per heavy atom. The molecule has 1 aliphatic rings. The van der Waals surface area contributed by atoms with Crippen molar-refractivity contribution < 1.29 is 17.6 Å². The first-order valence-corrected chi connectivity index (χ1v) is 8.96. The van der Waals surface area contributed by atoms with Gasteiger partial charge in [0, 0.05) is 0 Å². The van der Waals surface area contributed by atoms with Crippen molar-refractivity contribution in [3.8, 4) is 11.1 Å². The summed E-state index contributed by atoms with van der Waals surface area (Å²) in [7, 11) is 0. The number of halogens is 4. The molecule has 0 amide bonds. The molecule has 0 aliphatic heterocycles. The van der Waals surface area contributed by atoms with Crippen LogP contribution in [0.4, 0.5) is 17.6 Å². The summed E-state index contributed by atoms with van der Waals surface area (Å²) in [4.78, 5) is 0. The van der Waals surface area contributed by atoms with E-state index in [1.165, 1.54) is 18.6 Å². The Morgan fingerprint density at radius 3 is 2.48 bits per heavy atom. The van der Waals surface area contributed by atoms with Gasteiger partial charge in [-0.15, -0.1) is 0 Å². The van der Waals surface area contributed by atoms with Crippen LogP contribution < -0.4 is 0 Å². The van der Waals surface area contributed by atoms with Crippen LogP contribution in [-0.4, -0.2) is 0 Å². The number of rotatable bonds is 5. The predicted molar refractivity (Wildman–Crippen MR) is 91.4 cm³/mol. The van der Waals surface area contributed by atoms with Gasteiger partial charge in [0.2, 0.25) is 0 Å². The smallest absolute Gasteiger partial charge is 0.159 e. The summed E-state index contributed by atoms with van der Waals surface area (Å²) >= 11 is 0. The van der Waals surface area contributed by atoms with Crippen LogP contribution in [0, 0.1) is 29.2 Å². The number of unbranched alkanes of at least 4 members (excludes halogenated alkanes) is 2. The van der Waals surface area contributed by atoms with Gasteiger partial charge in [0.25, 0.3) is 0 Å². The minimum atomic E-state index is -1.11. The molecule has 0 heterocycles. The van der Waals surface area contributed by atoms with E-state index in [0.717, 1.165) is 37.8 Å². The fraction of sp³-hybridized carbons (Fsp3) is 0.429. The van der Waals surface area contributed by atoms with Crippen LogP contribution in [0.3, 0.4) is 0 Å². The Bertz CT molecular complexity index is 767. The van der Waals surface area contributed by atoms with Crippen LogP contribution in [0.1, 0.15) is 50.2 Å². The normalized spacial score (nSPS) is 16.8. The van der Waals surface area contributed by atoms with Gasteiger partial charge in [-0.05, 0) is 60.1 Å². The SMILES string of the molecule is CCCCCC1CCc2c(cc(F)c(-c3ccc(F)c(F)c3)c2F)C1. The van der Waals surface area contributed by atoms with E-state index >= 15 is 0 Å². The quantitative estimate of drug-likeness (QED) is 0.421. The maximum Gasteiger partial charge on any atom is 0.159 e. The Balaban J connectivity index is 1.91. The molecule has 2 aromatic carbocycles. The average Bonchev–Trinajstić information content (AvgIpc) is 2.58. The van der Waals surface area contributed by atoms with Crippen LogP contribution >= 0.6 is 0 Å². The van der Waals surface area contributed by atoms with E-state index in [-0.39, 0.29) is 11.1 Å². The molecular formula is C21H22F4. The maximum absolute atomic E-state index is 14.9. The molecule has 0 nitrogen and oxygen atoms in total. The second kappa shape index (κ2) is 7.59. The molecule has 0 radical (unpaired) electrons. The zero-order chi connectivity index (χ0) is 18.0. The standard InChI is InChI=1S/C21H22F4/c1-2-3-4-5-13-6-8-16-15(10-13)12-19(24)20(21(16)25)14-7-9-17(22)18(23)11-14/h7,9,11-13H,2-6,8,10H2,1H3. The van der Waals surface area contributed by atoms with Crippen molar-refractivity contribution in [2.45, 2.75) is 51.9 Å². The number of hydrogen-bond acceptors (Lipinski definition) is 0. The third kappa shape index (κ3) is 3.73. The highest BCUT2D eigenvalue weighted by molar-refractivity contribution is 5.67. The number of benzene rings is 2. The van der Waals surface area contributed by atoms with Crippen molar-refractivity contribution in [2.75, 3.05) is 0 Å². The summed E-state index contributed by atoms with van der Waals surface area (Å²) in [5.41, 5.74) is 1.01. The molecule has 0 aromatic heterocycles. The van der Waals surface area contributed by atoms with E-state index in [2.05, 4.69) is 6.92 Å². The fourth-order valence-corrected chi connectivity index (χ4v) is 3.77. The van der Waals surface area contributed by atoms with Gasteiger partial charge < -0.3 is 0 Å².